The SMILES string of the molecule is C.C.CCC(C)C(=O)OCC1CCC2OC2C1.CCC(C)C(=O)OCCOC(=O)CCC(=O)NS(=O)(=O)C(F)(F)F.CCCC[Si](C)(C)O[Si](C)(C)CCCOC(=O)C(C)(C)CC.CCOCCOCCOC(=O)C(C)CC.[K+]. The average Bonchev–Trinajstić information content (AvgIpc) is 4.14. The summed E-state index contributed by atoms with van der Waals surface area (Å²) in [6.07, 6.45) is 9.45. The number of carbonyl (C=O) groups excluding carboxylic acids is 6. The molecule has 0 radical (unpaired) electrons. The third-order valence-corrected chi connectivity index (χ3v) is 21.3. The molecule has 6 unspecified atom stereocenters. The number of ether oxygens (including phenoxy) is 8. The Morgan fingerprint density at radius 1 is 0.633 bits per heavy atom. The van der Waals surface area contributed by atoms with Crippen molar-refractivity contribution in [2.75, 3.05) is 59.5 Å². The van der Waals surface area contributed by atoms with E-state index in [2.05, 4.69) is 37.8 Å². The van der Waals surface area contributed by atoms with Crippen molar-refractivity contribution in [2.45, 2.75) is 224 Å². The molecule has 2 aliphatic rings. The van der Waals surface area contributed by atoms with Gasteiger partial charge in [-0.3, -0.25) is 28.8 Å². The molecule has 25 heteroatoms. The Kier molecular flexibility index (Phi) is 50.1. The van der Waals surface area contributed by atoms with Crippen molar-refractivity contribution in [1.29, 1.82) is 0 Å². The Labute approximate surface area is 519 Å². The van der Waals surface area contributed by atoms with E-state index in [9.17, 15) is 50.4 Å². The van der Waals surface area contributed by atoms with Crippen LogP contribution in [0.3, 0.4) is 0 Å². The van der Waals surface area contributed by atoms with Crippen molar-refractivity contribution in [3.63, 3.8) is 0 Å². The summed E-state index contributed by atoms with van der Waals surface area (Å²) in [6.45, 7) is 33.8. The van der Waals surface area contributed by atoms with E-state index < -0.39 is 62.9 Å². The van der Waals surface area contributed by atoms with E-state index in [0.717, 1.165) is 55.7 Å². The fraction of sp³-hybridized carbons (Fsp3) is 0.889. The number of fused-ring (bicyclic) bond motifs is 1. The van der Waals surface area contributed by atoms with Gasteiger partial charge in [-0.25, -0.2) is 4.72 Å². The largest absolute Gasteiger partial charge is 1.00 e. The van der Waals surface area contributed by atoms with Crippen LogP contribution in [0, 0.1) is 29.1 Å². The van der Waals surface area contributed by atoms with Gasteiger partial charge in [0.1, 0.15) is 19.8 Å². The molecule has 0 aromatic heterocycles. The molecule has 0 spiro atoms. The molecule has 18 nitrogen and oxygen atoms in total. The van der Waals surface area contributed by atoms with E-state index in [-0.39, 0.29) is 121 Å². The number of nitrogens with one attached hydrogen (secondary N) is 1. The van der Waals surface area contributed by atoms with Gasteiger partial charge in [0.25, 0.3) is 0 Å². The number of esters is 5. The van der Waals surface area contributed by atoms with Crippen LogP contribution in [0.5, 0.6) is 0 Å². The van der Waals surface area contributed by atoms with Gasteiger partial charge < -0.3 is 42.0 Å². The third-order valence-electron chi connectivity index (χ3n) is 12.6. The van der Waals surface area contributed by atoms with Gasteiger partial charge in [0.15, 0.2) is 16.6 Å². The van der Waals surface area contributed by atoms with Crippen molar-refractivity contribution >= 4 is 62.4 Å². The molecule has 0 bridgehead atoms. The smallest absolute Gasteiger partial charge is 0.465 e. The zero-order valence-corrected chi connectivity index (χ0v) is 55.6. The van der Waals surface area contributed by atoms with Crippen molar-refractivity contribution in [3.8, 4) is 0 Å². The van der Waals surface area contributed by atoms with Crippen LogP contribution in [0.15, 0.2) is 0 Å². The van der Waals surface area contributed by atoms with Crippen LogP contribution < -0.4 is 56.1 Å². The van der Waals surface area contributed by atoms with Gasteiger partial charge in [0.2, 0.25) is 5.91 Å². The second-order valence-electron chi connectivity index (χ2n) is 21.0. The quantitative estimate of drug-likeness (QED) is 0.0213. The fourth-order valence-electron chi connectivity index (χ4n) is 6.63. The standard InChI is InChI=1S/C17H38O3Si2.C12H18F3NO7S.C12H20O3.C11H22O4.2CH4.K/c1-9-11-14-21(5,6)20-22(7,8)15-12-13-19-16(18)17(3,4)10-2;1-3-8(2)11(19)23-7-6-22-10(18)5-4-9(17)16-24(20,21)12(13,14)15;1-3-8(2)12(13)14-7-9-4-5-10-11(6-9)15-10;1-4-10(3)11(12)15-9-8-14-7-6-13-5-2;;;/h9-15H2,1-8H3;8H,3-7H2,1-2H3,(H,16,17);8-11H,3-7H2,1-2H3;10H,4-9H2,1-3H3;2*1H4;/q;;;;;;+1. The normalized spacial score (nSPS) is 16.8. The van der Waals surface area contributed by atoms with E-state index >= 15 is 0 Å². The average molecular weight is 1230 g/mol. The molecule has 1 N–H and O–H groups in total. The Balaban J connectivity index is -0.000000310. The summed E-state index contributed by atoms with van der Waals surface area (Å²) in [5, 5.41) is 0. The number of halogens is 3. The zero-order chi connectivity index (χ0) is 58.8. The summed E-state index contributed by atoms with van der Waals surface area (Å²) in [5.41, 5.74) is -5.98. The molecule has 1 amide bonds. The first-order valence-corrected chi connectivity index (χ1v) is 35.0. The van der Waals surface area contributed by atoms with Crippen LogP contribution in [0.1, 0.15) is 168 Å². The number of sulfonamides is 1. The Hall–Kier alpha value is -1.53. The van der Waals surface area contributed by atoms with Crippen molar-refractivity contribution < 1.29 is 144 Å². The molecule has 0 aromatic carbocycles. The first-order chi connectivity index (χ1) is 35.3. The number of hydrogen-bond acceptors (Lipinski definition) is 17. The van der Waals surface area contributed by atoms with Crippen LogP contribution in [0.25, 0.3) is 0 Å². The summed E-state index contributed by atoms with van der Waals surface area (Å²) in [5.74, 6) is -2.93. The van der Waals surface area contributed by atoms with E-state index in [4.69, 9.17) is 37.3 Å². The molecule has 0 aromatic rings. The Bertz CT molecular complexity index is 1800. The van der Waals surface area contributed by atoms with E-state index in [1.165, 1.54) is 18.9 Å². The molecule has 6 atom stereocenters. The van der Waals surface area contributed by atoms with Gasteiger partial charge in [0.05, 0.1) is 74.8 Å². The van der Waals surface area contributed by atoms with Gasteiger partial charge >= 0.3 is 96.8 Å². The molecule has 2 fully saturated rings. The maximum atomic E-state index is 12.0. The first-order valence-electron chi connectivity index (χ1n) is 27.2. The molecule has 1 aliphatic carbocycles. The molecular formula is C54H106F3KNO17SSi2+. The van der Waals surface area contributed by atoms with Crippen molar-refractivity contribution in [1.82, 2.24) is 4.72 Å². The summed E-state index contributed by atoms with van der Waals surface area (Å²) in [7, 11) is -8.96. The maximum absolute atomic E-state index is 12.0. The zero-order valence-electron chi connectivity index (χ0n) is 49.7. The maximum Gasteiger partial charge on any atom is 1.00 e. The van der Waals surface area contributed by atoms with Gasteiger partial charge in [-0.05, 0) is 116 Å². The van der Waals surface area contributed by atoms with Crippen LogP contribution in [0.2, 0.25) is 38.3 Å². The molecule has 1 aliphatic heterocycles. The monoisotopic (exact) mass is 1220 g/mol. The van der Waals surface area contributed by atoms with Gasteiger partial charge in [-0.1, -0.05) is 83.1 Å². The number of unbranched alkanes of at least 4 members (excludes halogenated alkanes) is 1. The van der Waals surface area contributed by atoms with Crippen molar-refractivity contribution in [2.24, 2.45) is 29.1 Å². The number of epoxide rings is 1. The predicted octanol–water partition coefficient (Wildman–Crippen LogP) is 8.50. The minimum Gasteiger partial charge on any atom is -0.465 e. The minimum absolute atomic E-state index is 0. The van der Waals surface area contributed by atoms with Crippen LogP contribution in [-0.2, 0) is 80.8 Å². The van der Waals surface area contributed by atoms with Crippen LogP contribution in [0.4, 0.5) is 13.2 Å². The van der Waals surface area contributed by atoms with Gasteiger partial charge in [-0.15, -0.1) is 0 Å². The molecule has 464 valence electrons. The second-order valence-corrected chi connectivity index (χ2v) is 31.5. The summed E-state index contributed by atoms with van der Waals surface area (Å²) < 4.78 is 105. The molecular weight excluding hydrogens is 1120 g/mol. The molecule has 79 heavy (non-hydrogen) atoms. The van der Waals surface area contributed by atoms with Gasteiger partial charge in [-0.2, -0.15) is 21.6 Å². The topological polar surface area (TPSA) is 235 Å². The van der Waals surface area contributed by atoms with E-state index in [0.29, 0.717) is 70.8 Å². The summed E-state index contributed by atoms with van der Waals surface area (Å²) in [4.78, 5) is 68.2. The second kappa shape index (κ2) is 45.8. The molecule has 2 rings (SSSR count). The van der Waals surface area contributed by atoms with Crippen LogP contribution >= 0.6 is 0 Å². The fourth-order valence-corrected chi connectivity index (χ4v) is 16.1. The molecule has 1 saturated carbocycles. The van der Waals surface area contributed by atoms with Gasteiger partial charge in [0, 0.05) is 13.0 Å². The summed E-state index contributed by atoms with van der Waals surface area (Å²) in [6, 6.07) is 2.31. The Morgan fingerprint density at radius 3 is 1.57 bits per heavy atom. The number of amides is 1. The Morgan fingerprint density at radius 2 is 1.10 bits per heavy atom. The molecule has 1 saturated heterocycles. The summed E-state index contributed by atoms with van der Waals surface area (Å²) >= 11 is 0. The number of hydrogen-bond donors (Lipinski definition) is 1. The first kappa shape index (κ1) is 86.3. The van der Waals surface area contributed by atoms with E-state index in [1.54, 1.807) is 13.8 Å². The number of carbonyl (C=O) groups is 6. The number of alkyl halides is 3. The van der Waals surface area contributed by atoms with E-state index in [1.807, 2.05) is 55.4 Å². The van der Waals surface area contributed by atoms with Crippen LogP contribution in [-0.4, -0.2) is 138 Å². The predicted molar refractivity (Wildman–Crippen MR) is 302 cm³/mol. The minimum atomic E-state index is -5.80. The van der Waals surface area contributed by atoms with Crippen molar-refractivity contribution in [3.05, 3.63) is 0 Å². The molecule has 1 heterocycles. The number of rotatable bonds is 33. The third kappa shape index (κ3) is 42.9.